The van der Waals surface area contributed by atoms with Gasteiger partial charge in [0.2, 0.25) is 0 Å². The molecule has 0 spiro atoms. The van der Waals surface area contributed by atoms with Gasteiger partial charge in [-0.25, -0.2) is 0 Å². The molecule has 0 N–H and O–H groups in total. The molecule has 31 heavy (non-hydrogen) atoms. The second kappa shape index (κ2) is 7.50. The molecule has 2 aliphatic rings. The second-order valence-corrected chi connectivity index (χ2v) is 13.2. The van der Waals surface area contributed by atoms with Gasteiger partial charge in [-0.3, -0.25) is 0 Å². The maximum Gasteiger partial charge on any atom is -0.00666 e. The summed E-state index contributed by atoms with van der Waals surface area (Å²) in [5.74, 6) is 0.696. The first-order valence-electron chi connectivity index (χ1n) is 12.3. The van der Waals surface area contributed by atoms with E-state index in [1.165, 1.54) is 29.5 Å². The lowest BCUT2D eigenvalue weighted by Crippen LogP contribution is -2.30. The van der Waals surface area contributed by atoms with E-state index in [2.05, 4.69) is 113 Å². The van der Waals surface area contributed by atoms with Crippen molar-refractivity contribution in [1.82, 2.24) is 0 Å². The van der Waals surface area contributed by atoms with Crippen molar-refractivity contribution in [2.24, 2.45) is 5.92 Å². The van der Waals surface area contributed by atoms with Crippen LogP contribution in [-0.4, -0.2) is 0 Å². The highest BCUT2D eigenvalue weighted by molar-refractivity contribution is 5.48. The third-order valence-corrected chi connectivity index (χ3v) is 8.80. The normalized spacial score (nSPS) is 22.4. The van der Waals surface area contributed by atoms with E-state index in [0.717, 1.165) is 0 Å². The summed E-state index contributed by atoms with van der Waals surface area (Å²) in [6.07, 6.45) is 2.56. The summed E-state index contributed by atoms with van der Waals surface area (Å²) in [5.41, 5.74) is 11.9. The summed E-state index contributed by atoms with van der Waals surface area (Å²) < 4.78 is 0. The minimum absolute atomic E-state index is 0.262. The number of rotatable bonds is 0. The quantitative estimate of drug-likeness (QED) is 0.401. The molecule has 0 saturated carbocycles. The summed E-state index contributed by atoms with van der Waals surface area (Å²) in [6, 6.07) is 11.8. The minimum atomic E-state index is 0.262. The van der Waals surface area contributed by atoms with Crippen LogP contribution < -0.4 is 0 Å². The molecule has 1 unspecified atom stereocenters. The van der Waals surface area contributed by atoms with Crippen LogP contribution in [0.5, 0.6) is 0 Å². The number of hydrogen-bond acceptors (Lipinski definition) is 0. The zero-order valence-corrected chi connectivity index (χ0v) is 22.4. The van der Waals surface area contributed by atoms with E-state index in [1.807, 2.05) is 0 Å². The first-order chi connectivity index (χ1) is 14.0. The molecule has 1 atom stereocenters. The van der Waals surface area contributed by atoms with Crippen molar-refractivity contribution in [3.8, 4) is 0 Å². The highest BCUT2D eigenvalue weighted by Gasteiger charge is 2.48. The molecule has 0 saturated heterocycles. The van der Waals surface area contributed by atoms with Gasteiger partial charge in [0.05, 0.1) is 0 Å². The van der Waals surface area contributed by atoms with E-state index < -0.39 is 0 Å². The molecular formula is C31H46. The fourth-order valence-electron chi connectivity index (χ4n) is 5.88. The fraction of sp³-hybridized carbons (Fsp3) is 0.613. The average molecular weight is 419 g/mol. The molecule has 0 fully saturated rings. The van der Waals surface area contributed by atoms with Gasteiger partial charge in [-0.05, 0) is 87.6 Å². The van der Waals surface area contributed by atoms with Crippen molar-refractivity contribution in [1.29, 1.82) is 0 Å². The smallest absolute Gasteiger partial charge is 0.00666 e. The lowest BCUT2D eigenvalue weighted by molar-refractivity contribution is 0.264. The highest BCUT2D eigenvalue weighted by Crippen LogP contribution is 2.53. The third-order valence-electron chi connectivity index (χ3n) is 8.80. The number of fused-ring (bicyclic) bond motifs is 2. The van der Waals surface area contributed by atoms with Crippen LogP contribution in [0.4, 0.5) is 0 Å². The van der Waals surface area contributed by atoms with Crippen LogP contribution in [0.25, 0.3) is 0 Å². The fourth-order valence-corrected chi connectivity index (χ4v) is 5.88. The molecule has 0 heteroatoms. The lowest BCUT2D eigenvalue weighted by Gasteiger charge is -2.32. The molecule has 0 aliphatic heterocycles. The summed E-state index contributed by atoms with van der Waals surface area (Å²) in [6.45, 7) is 28.0. The predicted octanol–water partition coefficient (Wildman–Crippen LogP) is 8.72. The van der Waals surface area contributed by atoms with Crippen molar-refractivity contribution in [3.63, 3.8) is 0 Å². The summed E-state index contributed by atoms with van der Waals surface area (Å²) >= 11 is 0. The number of hydrogen-bond donors (Lipinski definition) is 0. The zero-order valence-electron chi connectivity index (χ0n) is 22.4. The molecule has 0 radical (unpaired) electrons. The van der Waals surface area contributed by atoms with Gasteiger partial charge in [0.15, 0.2) is 0 Å². The first-order valence-corrected chi connectivity index (χ1v) is 12.3. The molecule has 2 aromatic carbocycles. The van der Waals surface area contributed by atoms with Crippen LogP contribution >= 0.6 is 0 Å². The molecular weight excluding hydrogens is 372 g/mol. The largest absolute Gasteiger partial charge is 0.0608 e. The monoisotopic (exact) mass is 418 g/mol. The van der Waals surface area contributed by atoms with Gasteiger partial charge in [0.25, 0.3) is 0 Å². The van der Waals surface area contributed by atoms with Gasteiger partial charge in [0.1, 0.15) is 0 Å². The Labute approximate surface area is 192 Å². The van der Waals surface area contributed by atoms with Crippen LogP contribution in [-0.2, 0) is 28.1 Å². The predicted molar refractivity (Wildman–Crippen MR) is 138 cm³/mol. The van der Waals surface area contributed by atoms with Gasteiger partial charge in [-0.1, -0.05) is 105 Å². The molecule has 0 amide bonds. The van der Waals surface area contributed by atoms with E-state index in [-0.39, 0.29) is 5.41 Å². The van der Waals surface area contributed by atoms with Crippen LogP contribution in [0.2, 0.25) is 0 Å². The molecule has 4 rings (SSSR count). The van der Waals surface area contributed by atoms with Gasteiger partial charge in [-0.2, -0.15) is 0 Å². The molecule has 170 valence electrons. The van der Waals surface area contributed by atoms with Crippen molar-refractivity contribution < 1.29 is 0 Å². The third kappa shape index (κ3) is 4.12. The standard InChI is InChI=1S/C16H24.C15H22/c1-11-9-12(15(2,3)4)10-14-13(11)7-8-16(14,5)6;1-10-7-8-12-13(9-10)15(5,6)11(2)14(12,3)4/h9-10H,7-8H2,1-6H3;7-9,11H,1-6H3. The van der Waals surface area contributed by atoms with Gasteiger partial charge in [-0.15, -0.1) is 0 Å². The SMILES string of the molecule is Cc1cc(C(C)(C)C)cc2c1CCC2(C)C.Cc1ccc2c(c1)C(C)(C)C(C)C2(C)C. The topological polar surface area (TPSA) is 0 Å². The molecule has 0 heterocycles. The van der Waals surface area contributed by atoms with Crippen molar-refractivity contribution in [2.75, 3.05) is 0 Å². The van der Waals surface area contributed by atoms with E-state index in [1.54, 1.807) is 22.3 Å². The summed E-state index contributed by atoms with van der Waals surface area (Å²) in [5, 5.41) is 0. The van der Waals surface area contributed by atoms with Crippen LogP contribution in [0.3, 0.4) is 0 Å². The molecule has 0 bridgehead atoms. The number of aryl methyl sites for hydroxylation is 2. The van der Waals surface area contributed by atoms with E-state index in [0.29, 0.717) is 22.2 Å². The average Bonchev–Trinajstić information content (AvgIpc) is 3.01. The van der Waals surface area contributed by atoms with E-state index in [9.17, 15) is 0 Å². The Morgan fingerprint density at radius 1 is 0.774 bits per heavy atom. The van der Waals surface area contributed by atoms with Gasteiger partial charge < -0.3 is 0 Å². The second-order valence-electron chi connectivity index (χ2n) is 13.2. The Kier molecular flexibility index (Phi) is 5.83. The Hall–Kier alpha value is -1.56. The zero-order chi connectivity index (χ0) is 23.6. The Morgan fingerprint density at radius 3 is 1.94 bits per heavy atom. The molecule has 0 nitrogen and oxygen atoms in total. The van der Waals surface area contributed by atoms with Crippen LogP contribution in [0, 0.1) is 19.8 Å². The Bertz CT molecular complexity index is 976. The van der Waals surface area contributed by atoms with E-state index >= 15 is 0 Å². The maximum absolute atomic E-state index is 2.45. The number of benzene rings is 2. The van der Waals surface area contributed by atoms with Crippen molar-refractivity contribution in [3.05, 3.63) is 69.3 Å². The maximum atomic E-state index is 2.45. The van der Waals surface area contributed by atoms with Crippen molar-refractivity contribution >= 4 is 0 Å². The Balaban J connectivity index is 0.000000176. The van der Waals surface area contributed by atoms with Gasteiger partial charge >= 0.3 is 0 Å². The first kappa shape index (κ1) is 24.1. The van der Waals surface area contributed by atoms with Crippen molar-refractivity contribution in [2.45, 2.75) is 118 Å². The molecule has 2 aliphatic carbocycles. The molecule has 0 aromatic heterocycles. The van der Waals surface area contributed by atoms with Crippen LogP contribution in [0.1, 0.15) is 115 Å². The summed E-state index contributed by atoms with van der Waals surface area (Å²) in [4.78, 5) is 0. The highest BCUT2D eigenvalue weighted by atomic mass is 14.5. The minimum Gasteiger partial charge on any atom is -0.0608 e. The lowest BCUT2D eigenvalue weighted by atomic mass is 9.71. The van der Waals surface area contributed by atoms with Gasteiger partial charge in [0, 0.05) is 0 Å². The Morgan fingerprint density at radius 2 is 1.35 bits per heavy atom. The summed E-state index contributed by atoms with van der Waals surface area (Å²) in [7, 11) is 0. The molecule has 2 aromatic rings. The van der Waals surface area contributed by atoms with Crippen LogP contribution in [0.15, 0.2) is 30.3 Å². The van der Waals surface area contributed by atoms with E-state index in [4.69, 9.17) is 0 Å².